The van der Waals surface area contributed by atoms with Gasteiger partial charge in [-0.15, -0.1) is 0 Å². The number of rotatable bonds is 7. The summed E-state index contributed by atoms with van der Waals surface area (Å²) in [5, 5.41) is 3.79. The second-order valence-corrected chi connectivity index (χ2v) is 6.22. The molecule has 4 heteroatoms. The first-order valence-corrected chi connectivity index (χ1v) is 7.62. The van der Waals surface area contributed by atoms with Gasteiger partial charge in [0.15, 0.2) is 5.54 Å². The third kappa shape index (κ3) is 3.98. The molecular weight excluding hydrogens is 258 g/mol. The Hall–Kier alpha value is -1.00. The molecule has 1 rings (SSSR count). The van der Waals surface area contributed by atoms with Crippen LogP contribution in [0.25, 0.3) is 0 Å². The third-order valence-corrected chi connectivity index (χ3v) is 4.18. The summed E-state index contributed by atoms with van der Waals surface area (Å²) < 4.78 is 5.04. The lowest BCUT2D eigenvalue weighted by Gasteiger charge is -2.32. The van der Waals surface area contributed by atoms with E-state index in [4.69, 9.17) is 4.74 Å². The highest BCUT2D eigenvalue weighted by Crippen LogP contribution is 2.29. The molecule has 0 heterocycles. The van der Waals surface area contributed by atoms with Gasteiger partial charge in [-0.3, -0.25) is 5.32 Å². The summed E-state index contributed by atoms with van der Waals surface area (Å²) in [5.74, 6) is 0.434. The van der Waals surface area contributed by atoms with Crippen LogP contribution in [0, 0.1) is 0 Å². The molecule has 0 aliphatic carbocycles. The normalized spacial score (nSPS) is 14.2. The Morgan fingerprint density at radius 2 is 2.00 bits per heavy atom. The molecule has 0 fully saturated rings. The van der Waals surface area contributed by atoms with Gasteiger partial charge in [-0.25, -0.2) is 4.79 Å². The zero-order valence-electron chi connectivity index (χ0n) is 12.1. The minimum atomic E-state index is -0.764. The summed E-state index contributed by atoms with van der Waals surface area (Å²) in [6.45, 7) is 6.97. The fraction of sp³-hybridized carbons (Fsp3) is 0.533. The van der Waals surface area contributed by atoms with Crippen molar-refractivity contribution in [2.75, 3.05) is 19.4 Å². The standard InChI is InChI=1S/C15H23NO2S/c1-5-16-15(14(17)18-4,11-19-12(2)3)13-9-7-6-8-10-13/h6-10,12,16H,5,11H2,1-4H3. The van der Waals surface area contributed by atoms with Gasteiger partial charge in [-0.2, -0.15) is 11.8 Å². The summed E-state index contributed by atoms with van der Waals surface area (Å²) in [5.41, 5.74) is 0.191. The first-order valence-electron chi connectivity index (χ1n) is 6.57. The van der Waals surface area contributed by atoms with Gasteiger partial charge in [-0.05, 0) is 17.4 Å². The van der Waals surface area contributed by atoms with Gasteiger partial charge in [-0.1, -0.05) is 51.1 Å². The molecule has 0 aliphatic rings. The summed E-state index contributed by atoms with van der Waals surface area (Å²) >= 11 is 1.75. The Kier molecular flexibility index (Phi) is 6.38. The molecule has 0 bridgehead atoms. The van der Waals surface area contributed by atoms with Gasteiger partial charge in [0.25, 0.3) is 0 Å². The van der Waals surface area contributed by atoms with Crippen molar-refractivity contribution in [3.8, 4) is 0 Å². The molecule has 19 heavy (non-hydrogen) atoms. The molecule has 0 aliphatic heterocycles. The van der Waals surface area contributed by atoms with Crippen molar-refractivity contribution in [1.29, 1.82) is 0 Å². The van der Waals surface area contributed by atoms with Crippen LogP contribution in [-0.2, 0) is 15.1 Å². The van der Waals surface area contributed by atoms with Crippen LogP contribution in [0.4, 0.5) is 0 Å². The van der Waals surface area contributed by atoms with E-state index in [9.17, 15) is 4.79 Å². The quantitative estimate of drug-likeness (QED) is 0.780. The predicted octanol–water partition coefficient (Wildman–Crippen LogP) is 2.81. The van der Waals surface area contributed by atoms with E-state index in [-0.39, 0.29) is 5.97 Å². The zero-order valence-corrected chi connectivity index (χ0v) is 12.9. The first-order chi connectivity index (χ1) is 9.06. The first kappa shape index (κ1) is 16.1. The Morgan fingerprint density at radius 3 is 2.47 bits per heavy atom. The van der Waals surface area contributed by atoms with Crippen LogP contribution in [0.2, 0.25) is 0 Å². The smallest absolute Gasteiger partial charge is 0.331 e. The lowest BCUT2D eigenvalue weighted by Crippen LogP contribution is -2.52. The summed E-state index contributed by atoms with van der Waals surface area (Å²) in [4.78, 5) is 12.3. The Morgan fingerprint density at radius 1 is 1.37 bits per heavy atom. The highest BCUT2D eigenvalue weighted by atomic mass is 32.2. The van der Waals surface area contributed by atoms with E-state index in [2.05, 4.69) is 19.2 Å². The molecule has 0 amide bonds. The van der Waals surface area contributed by atoms with Crippen LogP contribution in [0.15, 0.2) is 30.3 Å². The fourth-order valence-corrected chi connectivity index (χ4v) is 2.95. The van der Waals surface area contributed by atoms with E-state index in [0.29, 0.717) is 17.5 Å². The number of methoxy groups -OCH3 is 1. The van der Waals surface area contributed by atoms with Gasteiger partial charge in [0.2, 0.25) is 0 Å². The van der Waals surface area contributed by atoms with Crippen LogP contribution < -0.4 is 5.32 Å². The lowest BCUT2D eigenvalue weighted by molar-refractivity contribution is -0.148. The summed E-state index contributed by atoms with van der Waals surface area (Å²) in [6, 6.07) is 9.79. The average molecular weight is 281 g/mol. The molecule has 1 N–H and O–H groups in total. The molecule has 1 unspecified atom stereocenters. The van der Waals surface area contributed by atoms with Crippen LogP contribution in [0.1, 0.15) is 26.3 Å². The number of benzene rings is 1. The number of likely N-dealkylation sites (N-methyl/N-ethyl adjacent to an activating group) is 1. The number of esters is 1. The lowest BCUT2D eigenvalue weighted by atomic mass is 9.91. The van der Waals surface area contributed by atoms with Crippen LogP contribution in [0.3, 0.4) is 0 Å². The number of carbonyl (C=O) groups is 1. The Bertz CT molecular complexity index is 394. The van der Waals surface area contributed by atoms with Gasteiger partial charge in [0, 0.05) is 5.75 Å². The predicted molar refractivity (Wildman–Crippen MR) is 81.4 cm³/mol. The van der Waals surface area contributed by atoms with Gasteiger partial charge in [0.1, 0.15) is 0 Å². The maximum atomic E-state index is 12.3. The van der Waals surface area contributed by atoms with Crippen LogP contribution in [-0.4, -0.2) is 30.6 Å². The minimum absolute atomic E-state index is 0.228. The Labute approximate surface area is 120 Å². The summed E-state index contributed by atoms with van der Waals surface area (Å²) in [6.07, 6.45) is 0. The van der Waals surface area contributed by atoms with E-state index >= 15 is 0 Å². The molecule has 106 valence electrons. The molecule has 0 spiro atoms. The van der Waals surface area contributed by atoms with E-state index in [1.807, 2.05) is 37.3 Å². The van der Waals surface area contributed by atoms with Crippen LogP contribution >= 0.6 is 11.8 Å². The molecule has 1 aromatic carbocycles. The number of ether oxygens (including phenoxy) is 1. The molecule has 3 nitrogen and oxygen atoms in total. The number of hydrogen-bond donors (Lipinski definition) is 1. The molecule has 0 saturated carbocycles. The second kappa shape index (κ2) is 7.56. The number of thioether (sulfide) groups is 1. The number of hydrogen-bond acceptors (Lipinski definition) is 4. The second-order valence-electron chi connectivity index (χ2n) is 4.65. The SMILES string of the molecule is CCNC(CSC(C)C)(C(=O)OC)c1ccccc1. The van der Waals surface area contributed by atoms with Crippen LogP contribution in [0.5, 0.6) is 0 Å². The van der Waals surface area contributed by atoms with Crippen molar-refractivity contribution in [3.63, 3.8) is 0 Å². The maximum absolute atomic E-state index is 12.3. The molecule has 0 radical (unpaired) electrons. The molecular formula is C15H23NO2S. The van der Waals surface area contributed by atoms with Gasteiger partial charge < -0.3 is 4.74 Å². The monoisotopic (exact) mass is 281 g/mol. The highest BCUT2D eigenvalue weighted by molar-refractivity contribution is 7.99. The molecule has 1 atom stereocenters. The van der Waals surface area contributed by atoms with E-state index in [0.717, 1.165) is 5.56 Å². The van der Waals surface area contributed by atoms with Crippen molar-refractivity contribution in [2.24, 2.45) is 0 Å². The largest absolute Gasteiger partial charge is 0.467 e. The van der Waals surface area contributed by atoms with Crippen molar-refractivity contribution < 1.29 is 9.53 Å². The van der Waals surface area contributed by atoms with E-state index < -0.39 is 5.54 Å². The topological polar surface area (TPSA) is 38.3 Å². The highest BCUT2D eigenvalue weighted by Gasteiger charge is 2.40. The van der Waals surface area contributed by atoms with Crippen molar-refractivity contribution in [2.45, 2.75) is 31.6 Å². The van der Waals surface area contributed by atoms with Crippen molar-refractivity contribution in [1.82, 2.24) is 5.32 Å². The number of nitrogens with one attached hydrogen (secondary N) is 1. The van der Waals surface area contributed by atoms with Crippen molar-refractivity contribution in [3.05, 3.63) is 35.9 Å². The zero-order chi connectivity index (χ0) is 14.3. The summed E-state index contributed by atoms with van der Waals surface area (Å²) in [7, 11) is 1.44. The molecule has 0 saturated heterocycles. The van der Waals surface area contributed by atoms with Gasteiger partial charge >= 0.3 is 5.97 Å². The van der Waals surface area contributed by atoms with E-state index in [1.165, 1.54) is 7.11 Å². The van der Waals surface area contributed by atoms with Crippen molar-refractivity contribution >= 4 is 17.7 Å². The average Bonchev–Trinajstić information content (AvgIpc) is 2.43. The number of carbonyl (C=O) groups excluding carboxylic acids is 1. The van der Waals surface area contributed by atoms with E-state index in [1.54, 1.807) is 11.8 Å². The van der Waals surface area contributed by atoms with Gasteiger partial charge in [0.05, 0.1) is 7.11 Å². The molecule has 1 aromatic rings. The fourth-order valence-electron chi connectivity index (χ4n) is 1.98. The Balaban J connectivity index is 3.15. The third-order valence-electron chi connectivity index (χ3n) is 2.91. The maximum Gasteiger partial charge on any atom is 0.331 e. The molecule has 0 aromatic heterocycles. The minimum Gasteiger partial charge on any atom is -0.467 e.